The highest BCUT2D eigenvalue weighted by molar-refractivity contribution is 5.79. The molecule has 2 aliphatic rings. The number of piperidine rings is 1. The number of rotatable bonds is 3. The topological polar surface area (TPSA) is 29.5 Å². The van der Waals surface area contributed by atoms with Gasteiger partial charge in [0.2, 0.25) is 0 Å². The van der Waals surface area contributed by atoms with Crippen LogP contribution >= 0.6 is 0 Å². The van der Waals surface area contributed by atoms with Crippen LogP contribution in [0.1, 0.15) is 36.3 Å². The summed E-state index contributed by atoms with van der Waals surface area (Å²) in [7, 11) is 0. The summed E-state index contributed by atoms with van der Waals surface area (Å²) >= 11 is 0. The van der Waals surface area contributed by atoms with Gasteiger partial charge in [-0.3, -0.25) is 0 Å². The van der Waals surface area contributed by atoms with Gasteiger partial charge < -0.3 is 9.64 Å². The molecule has 2 aromatic carbocycles. The van der Waals surface area contributed by atoms with Gasteiger partial charge >= 0.3 is 6.09 Å². The van der Waals surface area contributed by atoms with E-state index in [1.165, 1.54) is 22.3 Å². The second-order valence-corrected chi connectivity index (χ2v) is 6.80. The molecule has 3 nitrogen and oxygen atoms in total. The van der Waals surface area contributed by atoms with E-state index in [1.807, 2.05) is 11.0 Å². The Balaban J connectivity index is 1.53. The zero-order valence-electron chi connectivity index (χ0n) is 14.4. The Labute approximate surface area is 148 Å². The van der Waals surface area contributed by atoms with Gasteiger partial charge in [-0.25, -0.2) is 4.79 Å². The molecular weight excluding hydrogens is 310 g/mol. The van der Waals surface area contributed by atoms with E-state index in [9.17, 15) is 4.79 Å². The molecule has 0 radical (unpaired) electrons. The first kappa shape index (κ1) is 15.9. The number of hydrogen-bond donors (Lipinski definition) is 0. The van der Waals surface area contributed by atoms with Crippen molar-refractivity contribution < 1.29 is 9.53 Å². The Bertz CT molecular complexity index is 753. The van der Waals surface area contributed by atoms with Gasteiger partial charge in [-0.05, 0) is 41.5 Å². The van der Waals surface area contributed by atoms with Crippen molar-refractivity contribution in [2.45, 2.75) is 31.2 Å². The average molecular weight is 333 g/mol. The average Bonchev–Trinajstić information content (AvgIpc) is 3.00. The number of likely N-dealkylation sites (tertiary alicyclic amines) is 1. The molecule has 0 spiro atoms. The fourth-order valence-corrected chi connectivity index (χ4v) is 4.11. The van der Waals surface area contributed by atoms with Crippen molar-refractivity contribution >= 4 is 6.09 Å². The molecule has 2 aromatic rings. The van der Waals surface area contributed by atoms with Gasteiger partial charge in [0.05, 0.1) is 6.04 Å². The van der Waals surface area contributed by atoms with Crippen molar-refractivity contribution in [2.24, 2.45) is 0 Å². The third-order valence-electron chi connectivity index (χ3n) is 5.39. The molecule has 1 aliphatic heterocycles. The quantitative estimate of drug-likeness (QED) is 0.742. The molecular formula is C22H23NO2. The van der Waals surface area contributed by atoms with E-state index in [0.717, 1.165) is 25.8 Å². The number of amides is 1. The highest BCUT2D eigenvalue weighted by Crippen LogP contribution is 2.44. The Morgan fingerprint density at radius 1 is 1.08 bits per heavy atom. The highest BCUT2D eigenvalue weighted by atomic mass is 16.6. The minimum absolute atomic E-state index is 0.101. The van der Waals surface area contributed by atoms with E-state index in [0.29, 0.717) is 6.61 Å². The monoisotopic (exact) mass is 333 g/mol. The maximum Gasteiger partial charge on any atom is 0.410 e. The molecule has 1 unspecified atom stereocenters. The molecule has 0 saturated carbocycles. The normalized spacial score (nSPS) is 19.2. The Morgan fingerprint density at radius 3 is 2.36 bits per heavy atom. The maximum absolute atomic E-state index is 12.6. The van der Waals surface area contributed by atoms with Gasteiger partial charge in [0.1, 0.15) is 6.61 Å². The van der Waals surface area contributed by atoms with Crippen LogP contribution in [0.3, 0.4) is 0 Å². The number of carbonyl (C=O) groups excluding carboxylic acids is 1. The zero-order valence-corrected chi connectivity index (χ0v) is 14.4. The predicted molar refractivity (Wildman–Crippen MR) is 99.6 cm³/mol. The number of ether oxygens (including phenoxy) is 1. The molecule has 25 heavy (non-hydrogen) atoms. The van der Waals surface area contributed by atoms with Crippen molar-refractivity contribution in [2.75, 3.05) is 13.2 Å². The van der Waals surface area contributed by atoms with Gasteiger partial charge in [-0.2, -0.15) is 0 Å². The standard InChI is InChI=1S/C22H23NO2/c1-2-16-9-7-8-14-23(16)22(24)25-15-21-19-12-5-3-10-17(19)18-11-4-6-13-20(18)21/h2-6,10-13,16,21H,1,7-9,14-15H2. The molecule has 1 amide bonds. The van der Waals surface area contributed by atoms with Crippen LogP contribution in [0.4, 0.5) is 4.79 Å². The molecule has 0 aromatic heterocycles. The van der Waals surface area contributed by atoms with Gasteiger partial charge in [0.25, 0.3) is 0 Å². The van der Waals surface area contributed by atoms with Crippen LogP contribution in [0, 0.1) is 0 Å². The first-order chi connectivity index (χ1) is 12.3. The molecule has 0 bridgehead atoms. The summed E-state index contributed by atoms with van der Waals surface area (Å²) in [4.78, 5) is 14.4. The summed E-state index contributed by atoms with van der Waals surface area (Å²) in [6.45, 7) is 5.00. The second-order valence-electron chi connectivity index (χ2n) is 6.80. The molecule has 1 atom stereocenters. The molecule has 1 aliphatic carbocycles. The Kier molecular flexibility index (Phi) is 4.31. The van der Waals surface area contributed by atoms with E-state index < -0.39 is 0 Å². The minimum atomic E-state index is -0.216. The molecule has 128 valence electrons. The summed E-state index contributed by atoms with van der Waals surface area (Å²) in [5, 5.41) is 0. The fourth-order valence-electron chi connectivity index (χ4n) is 4.11. The number of carbonyl (C=O) groups is 1. The minimum Gasteiger partial charge on any atom is -0.448 e. The highest BCUT2D eigenvalue weighted by Gasteiger charge is 2.31. The van der Waals surface area contributed by atoms with E-state index in [-0.39, 0.29) is 18.1 Å². The molecule has 0 N–H and O–H groups in total. The third kappa shape index (κ3) is 2.84. The molecule has 1 fully saturated rings. The van der Waals surface area contributed by atoms with Crippen LogP contribution in [0.15, 0.2) is 61.2 Å². The number of nitrogens with zero attached hydrogens (tertiary/aromatic N) is 1. The predicted octanol–water partition coefficient (Wildman–Crippen LogP) is 4.98. The summed E-state index contributed by atoms with van der Waals surface area (Å²) in [6.07, 6.45) is 4.80. The van der Waals surface area contributed by atoms with Crippen molar-refractivity contribution in [1.29, 1.82) is 0 Å². The van der Waals surface area contributed by atoms with Crippen LogP contribution < -0.4 is 0 Å². The van der Waals surface area contributed by atoms with Crippen LogP contribution in [-0.2, 0) is 4.74 Å². The Hall–Kier alpha value is -2.55. The van der Waals surface area contributed by atoms with Crippen molar-refractivity contribution in [3.05, 3.63) is 72.3 Å². The lowest BCUT2D eigenvalue weighted by Crippen LogP contribution is -2.43. The number of benzene rings is 2. The van der Waals surface area contributed by atoms with Crippen molar-refractivity contribution in [1.82, 2.24) is 4.90 Å². The molecule has 1 heterocycles. The maximum atomic E-state index is 12.6. The number of hydrogen-bond acceptors (Lipinski definition) is 2. The van der Waals surface area contributed by atoms with Gasteiger partial charge in [0, 0.05) is 12.5 Å². The van der Waals surface area contributed by atoms with E-state index in [1.54, 1.807) is 0 Å². The SMILES string of the molecule is C=CC1CCCCN1C(=O)OCC1c2ccccc2-c2ccccc21. The first-order valence-electron chi connectivity index (χ1n) is 9.04. The summed E-state index contributed by atoms with van der Waals surface area (Å²) in [5.74, 6) is 0.114. The fraction of sp³-hybridized carbons (Fsp3) is 0.318. The van der Waals surface area contributed by atoms with Crippen LogP contribution in [0.2, 0.25) is 0 Å². The lowest BCUT2D eigenvalue weighted by Gasteiger charge is -2.33. The van der Waals surface area contributed by atoms with Gasteiger partial charge in [0.15, 0.2) is 0 Å². The summed E-state index contributed by atoms with van der Waals surface area (Å²) in [6, 6.07) is 16.9. The lowest BCUT2D eigenvalue weighted by atomic mass is 9.98. The molecule has 1 saturated heterocycles. The van der Waals surface area contributed by atoms with Gasteiger partial charge in [-0.15, -0.1) is 6.58 Å². The van der Waals surface area contributed by atoms with E-state index >= 15 is 0 Å². The van der Waals surface area contributed by atoms with Gasteiger partial charge in [-0.1, -0.05) is 54.6 Å². The molecule has 3 heteroatoms. The second kappa shape index (κ2) is 6.75. The summed E-state index contributed by atoms with van der Waals surface area (Å²) < 4.78 is 5.75. The van der Waals surface area contributed by atoms with Crippen LogP contribution in [0.5, 0.6) is 0 Å². The Morgan fingerprint density at radius 2 is 1.72 bits per heavy atom. The van der Waals surface area contributed by atoms with Crippen molar-refractivity contribution in [3.8, 4) is 11.1 Å². The number of fused-ring (bicyclic) bond motifs is 3. The van der Waals surface area contributed by atoms with Crippen LogP contribution in [-0.4, -0.2) is 30.2 Å². The van der Waals surface area contributed by atoms with Crippen LogP contribution in [0.25, 0.3) is 11.1 Å². The molecule has 4 rings (SSSR count). The third-order valence-corrected chi connectivity index (χ3v) is 5.39. The van der Waals surface area contributed by atoms with E-state index in [2.05, 4.69) is 55.1 Å². The lowest BCUT2D eigenvalue weighted by molar-refractivity contribution is 0.0809. The van der Waals surface area contributed by atoms with E-state index in [4.69, 9.17) is 4.74 Å². The zero-order chi connectivity index (χ0) is 17.2. The van der Waals surface area contributed by atoms with Crippen molar-refractivity contribution in [3.63, 3.8) is 0 Å². The largest absolute Gasteiger partial charge is 0.448 e. The smallest absolute Gasteiger partial charge is 0.410 e. The first-order valence-corrected chi connectivity index (χ1v) is 9.04. The summed E-state index contributed by atoms with van der Waals surface area (Å²) in [5.41, 5.74) is 4.99.